The summed E-state index contributed by atoms with van der Waals surface area (Å²) < 4.78 is 15.0. The second kappa shape index (κ2) is 8.04. The quantitative estimate of drug-likeness (QED) is 0.716. The van der Waals surface area contributed by atoms with Gasteiger partial charge in [0.05, 0.1) is 5.52 Å². The molecule has 5 nitrogen and oxygen atoms in total. The summed E-state index contributed by atoms with van der Waals surface area (Å²) in [5.74, 6) is 0.374. The Morgan fingerprint density at radius 2 is 2.04 bits per heavy atom. The predicted molar refractivity (Wildman–Crippen MR) is 112 cm³/mol. The van der Waals surface area contributed by atoms with E-state index < -0.39 is 0 Å². The lowest BCUT2D eigenvalue weighted by molar-refractivity contribution is 0.198. The van der Waals surface area contributed by atoms with Crippen LogP contribution in [0.4, 0.5) is 15.9 Å². The normalized spacial score (nSPS) is 18.0. The van der Waals surface area contributed by atoms with Crippen molar-refractivity contribution in [1.82, 2.24) is 20.2 Å². The van der Waals surface area contributed by atoms with Gasteiger partial charge in [-0.25, -0.2) is 14.4 Å². The Kier molecular flexibility index (Phi) is 5.32. The number of nitrogens with zero attached hydrogens (tertiary/aromatic N) is 3. The molecule has 3 aromatic rings. The number of rotatable bonds is 4. The van der Waals surface area contributed by atoms with Gasteiger partial charge in [0.25, 0.3) is 0 Å². The number of benzene rings is 2. The number of hydrogen-bond acceptors (Lipinski definition) is 5. The second-order valence-electron chi connectivity index (χ2n) is 7.06. The van der Waals surface area contributed by atoms with Gasteiger partial charge in [-0.05, 0) is 43.8 Å². The molecule has 4 rings (SSSR count). The monoisotopic (exact) mass is 377 g/mol. The van der Waals surface area contributed by atoms with Crippen molar-refractivity contribution in [2.24, 2.45) is 0 Å². The van der Waals surface area contributed by atoms with Gasteiger partial charge in [-0.15, -0.1) is 0 Å². The van der Waals surface area contributed by atoms with Crippen molar-refractivity contribution in [3.8, 4) is 0 Å². The summed E-state index contributed by atoms with van der Waals surface area (Å²) in [6, 6.07) is 11.4. The fraction of sp³-hybridized carbons (Fsp3) is 0.273. The number of aromatic nitrogens is 2. The summed E-state index contributed by atoms with van der Waals surface area (Å²) >= 11 is 0. The third kappa shape index (κ3) is 3.74. The van der Waals surface area contributed by atoms with E-state index in [0.717, 1.165) is 36.4 Å². The van der Waals surface area contributed by atoms with Crippen LogP contribution in [0, 0.1) is 5.82 Å². The number of allylic oxidation sites excluding steroid dienone is 1. The van der Waals surface area contributed by atoms with Crippen LogP contribution in [0.15, 0.2) is 48.8 Å². The number of fused-ring (bicyclic) bond motifs is 1. The Bertz CT molecular complexity index is 1000. The summed E-state index contributed by atoms with van der Waals surface area (Å²) in [7, 11) is 2.03. The number of hydrogen-bond donors (Lipinski definition) is 2. The molecule has 1 atom stereocenters. The number of nitrogens with one attached hydrogen (secondary N) is 2. The van der Waals surface area contributed by atoms with Gasteiger partial charge in [-0.2, -0.15) is 0 Å². The molecule has 1 aliphatic rings. The molecule has 0 spiro atoms. The first-order valence-electron chi connectivity index (χ1n) is 9.50. The second-order valence-corrected chi connectivity index (χ2v) is 7.06. The van der Waals surface area contributed by atoms with Crippen molar-refractivity contribution >= 4 is 28.5 Å². The molecular formula is C22H24FN5. The third-order valence-corrected chi connectivity index (χ3v) is 5.16. The first-order valence-corrected chi connectivity index (χ1v) is 9.50. The molecule has 1 unspecified atom stereocenters. The van der Waals surface area contributed by atoms with E-state index in [-0.39, 0.29) is 11.9 Å². The van der Waals surface area contributed by atoms with Gasteiger partial charge in [0.15, 0.2) is 0 Å². The van der Waals surface area contributed by atoms with Gasteiger partial charge in [-0.1, -0.05) is 24.3 Å². The van der Waals surface area contributed by atoms with Crippen LogP contribution in [-0.4, -0.2) is 41.5 Å². The first kappa shape index (κ1) is 18.5. The molecule has 1 fully saturated rings. The van der Waals surface area contributed by atoms with E-state index in [1.807, 2.05) is 56.5 Å². The van der Waals surface area contributed by atoms with Crippen molar-refractivity contribution in [3.05, 3.63) is 65.7 Å². The van der Waals surface area contributed by atoms with E-state index in [4.69, 9.17) is 0 Å². The van der Waals surface area contributed by atoms with Crippen LogP contribution in [0.25, 0.3) is 17.0 Å². The maximum absolute atomic E-state index is 15.0. The van der Waals surface area contributed by atoms with Gasteiger partial charge in [0.2, 0.25) is 0 Å². The number of halogens is 1. The SMILES string of the molecule is C/C=C/c1ccc(Nc2ncnc3cc(C4CNCCN4C)c(F)cc23)cc1. The Hall–Kier alpha value is -2.83. The Labute approximate surface area is 164 Å². The van der Waals surface area contributed by atoms with Crippen LogP contribution < -0.4 is 10.6 Å². The van der Waals surface area contributed by atoms with Gasteiger partial charge in [-0.3, -0.25) is 4.90 Å². The molecular weight excluding hydrogens is 353 g/mol. The molecule has 28 heavy (non-hydrogen) atoms. The number of piperazine rings is 1. The lowest BCUT2D eigenvalue weighted by atomic mass is 10.0. The number of likely N-dealkylation sites (N-methyl/N-ethyl adjacent to an activating group) is 1. The zero-order valence-electron chi connectivity index (χ0n) is 16.1. The molecule has 1 aliphatic heterocycles. The van der Waals surface area contributed by atoms with Crippen LogP contribution in [0.5, 0.6) is 0 Å². The fourth-order valence-corrected chi connectivity index (χ4v) is 3.61. The summed E-state index contributed by atoms with van der Waals surface area (Å²) in [6.07, 6.45) is 5.56. The largest absolute Gasteiger partial charge is 0.340 e. The van der Waals surface area contributed by atoms with Crippen LogP contribution in [0.3, 0.4) is 0 Å². The topological polar surface area (TPSA) is 53.1 Å². The lowest BCUT2D eigenvalue weighted by Gasteiger charge is -2.33. The molecule has 2 heterocycles. The maximum Gasteiger partial charge on any atom is 0.141 e. The highest BCUT2D eigenvalue weighted by Crippen LogP contribution is 2.30. The molecule has 0 saturated carbocycles. The molecule has 0 bridgehead atoms. The molecule has 0 amide bonds. The zero-order valence-corrected chi connectivity index (χ0v) is 16.1. The van der Waals surface area contributed by atoms with Crippen LogP contribution in [-0.2, 0) is 0 Å². The first-order chi connectivity index (χ1) is 13.7. The van der Waals surface area contributed by atoms with Crippen molar-refractivity contribution in [2.45, 2.75) is 13.0 Å². The molecule has 144 valence electrons. The zero-order chi connectivity index (χ0) is 19.5. The standard InChI is InChI=1S/C22H24FN5/c1-3-4-15-5-7-16(8-6-15)27-22-18-11-19(23)17(12-20(18)25-14-26-22)21-13-24-9-10-28(21)2/h3-8,11-12,14,21,24H,9-10,13H2,1-2H3,(H,25,26,27)/b4-3+. The highest BCUT2D eigenvalue weighted by molar-refractivity contribution is 5.91. The van der Waals surface area contributed by atoms with E-state index in [0.29, 0.717) is 16.8 Å². The van der Waals surface area contributed by atoms with Gasteiger partial charge >= 0.3 is 0 Å². The van der Waals surface area contributed by atoms with Crippen LogP contribution in [0.1, 0.15) is 24.1 Å². The molecule has 1 saturated heterocycles. The average Bonchev–Trinajstić information content (AvgIpc) is 2.70. The summed E-state index contributed by atoms with van der Waals surface area (Å²) in [6.45, 7) is 4.53. The molecule has 0 radical (unpaired) electrons. The fourth-order valence-electron chi connectivity index (χ4n) is 3.61. The molecule has 1 aromatic heterocycles. The molecule has 6 heteroatoms. The molecule has 0 aliphatic carbocycles. The van der Waals surface area contributed by atoms with Crippen LogP contribution >= 0.6 is 0 Å². The van der Waals surface area contributed by atoms with E-state index in [1.165, 1.54) is 6.33 Å². The summed E-state index contributed by atoms with van der Waals surface area (Å²) in [5, 5.41) is 7.30. The Balaban J connectivity index is 1.67. The third-order valence-electron chi connectivity index (χ3n) is 5.16. The van der Waals surface area contributed by atoms with E-state index in [2.05, 4.69) is 25.5 Å². The average molecular weight is 377 g/mol. The van der Waals surface area contributed by atoms with Gasteiger partial charge < -0.3 is 10.6 Å². The minimum Gasteiger partial charge on any atom is -0.340 e. The van der Waals surface area contributed by atoms with Crippen molar-refractivity contribution in [1.29, 1.82) is 0 Å². The van der Waals surface area contributed by atoms with Crippen molar-refractivity contribution in [2.75, 3.05) is 32.0 Å². The Morgan fingerprint density at radius 3 is 2.79 bits per heavy atom. The minimum atomic E-state index is -0.227. The number of anilines is 2. The highest BCUT2D eigenvalue weighted by atomic mass is 19.1. The summed E-state index contributed by atoms with van der Waals surface area (Å²) in [4.78, 5) is 10.9. The van der Waals surface area contributed by atoms with E-state index in [9.17, 15) is 4.39 Å². The molecule has 2 aromatic carbocycles. The van der Waals surface area contributed by atoms with Crippen molar-refractivity contribution < 1.29 is 4.39 Å². The van der Waals surface area contributed by atoms with Gasteiger partial charge in [0.1, 0.15) is 18.0 Å². The minimum absolute atomic E-state index is 0.00342. The maximum atomic E-state index is 15.0. The lowest BCUT2D eigenvalue weighted by Crippen LogP contribution is -2.44. The van der Waals surface area contributed by atoms with E-state index in [1.54, 1.807) is 6.07 Å². The van der Waals surface area contributed by atoms with E-state index >= 15 is 0 Å². The highest BCUT2D eigenvalue weighted by Gasteiger charge is 2.24. The smallest absolute Gasteiger partial charge is 0.141 e. The Morgan fingerprint density at radius 1 is 1.21 bits per heavy atom. The summed E-state index contributed by atoms with van der Waals surface area (Å²) in [5.41, 5.74) is 3.43. The predicted octanol–water partition coefficient (Wildman–Crippen LogP) is 4.12. The van der Waals surface area contributed by atoms with Crippen LogP contribution in [0.2, 0.25) is 0 Å². The molecule has 2 N–H and O–H groups in total. The van der Waals surface area contributed by atoms with Crippen molar-refractivity contribution in [3.63, 3.8) is 0 Å². The van der Waals surface area contributed by atoms with Gasteiger partial charge in [0, 0.05) is 42.3 Å².